The van der Waals surface area contributed by atoms with E-state index in [4.69, 9.17) is 6.57 Å². The molecule has 2 heterocycles. The molecule has 1 N–H and O–H groups in total. The highest BCUT2D eigenvalue weighted by Gasteiger charge is 2.32. The van der Waals surface area contributed by atoms with Crippen LogP contribution in [0.2, 0.25) is 0 Å². The number of hydrogen-bond acceptors (Lipinski definition) is 6. The minimum atomic E-state index is -4.61. The van der Waals surface area contributed by atoms with Crippen molar-refractivity contribution in [2.75, 3.05) is 34.2 Å². The number of nitrogens with zero attached hydrogens (tertiary/aromatic N) is 6. The SMILES string of the molecule is O=S(=O)([O-])c1ccccc1.[C-]#[N+]c1ccc(-n2nccc2-c2c(C)n(-c3cccc(C(F)(F)F)c3)c(=O)n2C(=O)NCCC[N+](C)(C)C)cc1. The van der Waals surface area contributed by atoms with Crippen molar-refractivity contribution in [3.8, 4) is 22.8 Å². The molecule has 16 heteroatoms. The van der Waals surface area contributed by atoms with E-state index in [0.29, 0.717) is 34.5 Å². The summed E-state index contributed by atoms with van der Waals surface area (Å²) in [5.41, 5.74) is 0.0476. The molecule has 12 nitrogen and oxygen atoms in total. The number of alkyl halides is 3. The summed E-state index contributed by atoms with van der Waals surface area (Å²) in [4.78, 5) is 30.4. The lowest BCUT2D eigenvalue weighted by Gasteiger charge is -2.23. The number of aromatic nitrogens is 4. The molecule has 0 saturated carbocycles. The maximum atomic E-state index is 13.7. The molecule has 2 aromatic heterocycles. The summed E-state index contributed by atoms with van der Waals surface area (Å²) in [5.74, 6) is 0. The molecule has 0 aliphatic rings. The zero-order valence-electron chi connectivity index (χ0n) is 27.5. The van der Waals surface area contributed by atoms with Crippen molar-refractivity contribution in [3.63, 3.8) is 0 Å². The van der Waals surface area contributed by atoms with Crippen LogP contribution in [-0.2, 0) is 16.3 Å². The second-order valence-corrected chi connectivity index (χ2v) is 13.4. The fourth-order valence-corrected chi connectivity index (χ4v) is 5.48. The lowest BCUT2D eigenvalue weighted by molar-refractivity contribution is -0.870. The molecule has 0 aliphatic heterocycles. The van der Waals surface area contributed by atoms with Gasteiger partial charge in [-0.05, 0) is 55.5 Å². The predicted octanol–water partition coefficient (Wildman–Crippen LogP) is 5.61. The predicted molar refractivity (Wildman–Crippen MR) is 179 cm³/mol. The Labute approximate surface area is 286 Å². The number of benzene rings is 3. The van der Waals surface area contributed by atoms with Crippen LogP contribution in [0.25, 0.3) is 27.6 Å². The van der Waals surface area contributed by atoms with Crippen molar-refractivity contribution in [3.05, 3.63) is 124 Å². The molecule has 0 spiro atoms. The van der Waals surface area contributed by atoms with E-state index in [0.717, 1.165) is 27.8 Å². The lowest BCUT2D eigenvalue weighted by atomic mass is 10.2. The van der Waals surface area contributed by atoms with Gasteiger partial charge in [0, 0.05) is 13.0 Å². The Morgan fingerprint density at radius 3 is 2.20 bits per heavy atom. The van der Waals surface area contributed by atoms with Crippen LogP contribution < -0.4 is 11.0 Å². The van der Waals surface area contributed by atoms with Gasteiger partial charge in [-0.15, -0.1) is 0 Å². The highest BCUT2D eigenvalue weighted by atomic mass is 32.2. The Bertz CT molecular complexity index is 2180. The van der Waals surface area contributed by atoms with E-state index in [-0.39, 0.29) is 22.0 Å². The average Bonchev–Trinajstić information content (AvgIpc) is 3.64. The largest absolute Gasteiger partial charge is 0.744 e. The molecular weight excluding hydrogens is 675 g/mol. The van der Waals surface area contributed by atoms with Crippen molar-refractivity contribution in [2.45, 2.75) is 24.4 Å². The molecule has 0 aliphatic carbocycles. The van der Waals surface area contributed by atoms with Gasteiger partial charge in [0.05, 0.1) is 73.7 Å². The summed E-state index contributed by atoms with van der Waals surface area (Å²) in [6.45, 7) is 9.82. The molecule has 0 unspecified atom stereocenters. The number of halogens is 3. The monoisotopic (exact) mass is 709 g/mol. The Kier molecular flexibility index (Phi) is 11.2. The molecule has 0 atom stereocenters. The van der Waals surface area contributed by atoms with E-state index in [9.17, 15) is 35.7 Å². The highest BCUT2D eigenvalue weighted by Crippen LogP contribution is 2.32. The molecule has 1 amide bonds. The average molecular weight is 710 g/mol. The van der Waals surface area contributed by atoms with Gasteiger partial charge in [0.1, 0.15) is 15.8 Å². The van der Waals surface area contributed by atoms with E-state index < -0.39 is 33.6 Å². The van der Waals surface area contributed by atoms with Crippen LogP contribution in [0.3, 0.4) is 0 Å². The number of carbonyl (C=O) groups excluding carboxylic acids is 1. The van der Waals surface area contributed by atoms with Gasteiger partial charge in [-0.3, -0.25) is 4.57 Å². The zero-order chi connectivity index (χ0) is 36.9. The third kappa shape index (κ3) is 8.94. The van der Waals surface area contributed by atoms with Crippen LogP contribution in [0.1, 0.15) is 17.7 Å². The Morgan fingerprint density at radius 1 is 0.980 bits per heavy atom. The molecule has 5 aromatic rings. The summed E-state index contributed by atoms with van der Waals surface area (Å²) in [6, 6.07) is 19.1. The van der Waals surface area contributed by atoms with E-state index in [1.165, 1.54) is 47.3 Å². The van der Waals surface area contributed by atoms with Crippen LogP contribution in [-0.4, -0.2) is 76.6 Å². The normalized spacial score (nSPS) is 11.7. The molecule has 0 bridgehead atoms. The summed E-state index contributed by atoms with van der Waals surface area (Å²) in [5, 5.41) is 7.13. The summed E-state index contributed by atoms with van der Waals surface area (Å²) >= 11 is 0. The van der Waals surface area contributed by atoms with Crippen molar-refractivity contribution < 1.29 is 35.4 Å². The zero-order valence-corrected chi connectivity index (χ0v) is 28.4. The second-order valence-electron chi connectivity index (χ2n) is 12.1. The van der Waals surface area contributed by atoms with Gasteiger partial charge in [0.15, 0.2) is 5.69 Å². The van der Waals surface area contributed by atoms with Gasteiger partial charge in [0.25, 0.3) is 0 Å². The van der Waals surface area contributed by atoms with Crippen molar-refractivity contribution in [1.82, 2.24) is 24.2 Å². The molecule has 3 aromatic carbocycles. The number of amides is 1. The highest BCUT2D eigenvalue weighted by molar-refractivity contribution is 7.85. The number of carbonyl (C=O) groups is 1. The minimum Gasteiger partial charge on any atom is -0.744 e. The summed E-state index contributed by atoms with van der Waals surface area (Å²) < 4.78 is 75.5. The maximum Gasteiger partial charge on any atom is 0.416 e. The van der Waals surface area contributed by atoms with Gasteiger partial charge < -0.3 is 14.4 Å². The maximum absolute atomic E-state index is 13.7. The first-order valence-electron chi connectivity index (χ1n) is 15.1. The van der Waals surface area contributed by atoms with Gasteiger partial charge in [-0.25, -0.2) is 32.1 Å². The first-order valence-corrected chi connectivity index (χ1v) is 16.5. The topological polar surface area (TPSA) is 135 Å². The van der Waals surface area contributed by atoms with Crippen LogP contribution in [0, 0.1) is 13.5 Å². The Morgan fingerprint density at radius 2 is 1.64 bits per heavy atom. The van der Waals surface area contributed by atoms with Crippen LogP contribution in [0.15, 0.2) is 101 Å². The quantitative estimate of drug-likeness (QED) is 0.0963. The molecule has 262 valence electrons. The van der Waals surface area contributed by atoms with Gasteiger partial charge in [-0.1, -0.05) is 36.4 Å². The van der Waals surface area contributed by atoms with Crippen molar-refractivity contribution in [2.24, 2.45) is 0 Å². The number of hydrogen-bond donors (Lipinski definition) is 1. The van der Waals surface area contributed by atoms with E-state index in [2.05, 4.69) is 15.3 Å². The van der Waals surface area contributed by atoms with Gasteiger partial charge in [-0.2, -0.15) is 18.3 Å². The summed E-state index contributed by atoms with van der Waals surface area (Å²) in [6.07, 6.45) is -2.47. The molecule has 0 radical (unpaired) electrons. The van der Waals surface area contributed by atoms with E-state index >= 15 is 0 Å². The molecule has 50 heavy (non-hydrogen) atoms. The number of imidazole rings is 1. The standard InChI is InChI=1S/C28H28F3N7O2.C6H6O3S/c1-19-25(24-14-16-34-37(24)22-12-10-21(32-2)11-13-22)36(26(39)33-15-7-17-38(3,4)5)27(40)35(19)23-9-6-8-20(18-23)28(29,30)31;7-10(8,9)6-4-2-1-3-5-6/h6,8-14,16,18H,7,15,17H2,1,3-5H3;1-5H,(H,7,8,9). The van der Waals surface area contributed by atoms with Gasteiger partial charge >= 0.3 is 17.9 Å². The van der Waals surface area contributed by atoms with Crippen molar-refractivity contribution in [1.29, 1.82) is 0 Å². The first-order chi connectivity index (χ1) is 23.4. The number of quaternary nitrogens is 1. The van der Waals surface area contributed by atoms with Crippen LogP contribution in [0.4, 0.5) is 23.7 Å². The number of nitrogens with one attached hydrogen (secondary N) is 1. The Hall–Kier alpha value is -5.50. The lowest BCUT2D eigenvalue weighted by Crippen LogP contribution is -2.40. The third-order valence-corrected chi connectivity index (χ3v) is 8.19. The second kappa shape index (κ2) is 14.9. The third-order valence-electron chi connectivity index (χ3n) is 7.34. The summed E-state index contributed by atoms with van der Waals surface area (Å²) in [7, 11) is 1.82. The first kappa shape index (κ1) is 37.3. The Balaban J connectivity index is 0.000000482. The molecule has 0 saturated heterocycles. The van der Waals surface area contributed by atoms with E-state index in [1.807, 2.05) is 21.1 Å². The van der Waals surface area contributed by atoms with Gasteiger partial charge in [0.2, 0.25) is 0 Å². The smallest absolute Gasteiger partial charge is 0.416 e. The molecule has 0 fully saturated rings. The molecule has 5 rings (SSSR count). The van der Waals surface area contributed by atoms with E-state index in [1.54, 1.807) is 43.3 Å². The van der Waals surface area contributed by atoms with Crippen LogP contribution >= 0.6 is 0 Å². The molecular formula is C34H34F3N7O5S. The number of rotatable bonds is 8. The fraction of sp³-hybridized carbons (Fsp3) is 0.235. The minimum absolute atomic E-state index is 0.0253. The fourth-order valence-electron chi connectivity index (χ4n) is 4.99. The van der Waals surface area contributed by atoms with Crippen LogP contribution in [0.5, 0.6) is 0 Å². The van der Waals surface area contributed by atoms with Crippen molar-refractivity contribution >= 4 is 21.8 Å².